The van der Waals surface area contributed by atoms with Crippen LogP contribution in [0.15, 0.2) is 24.5 Å². The molecule has 2 fully saturated rings. The number of fused-ring (bicyclic) bond motifs is 1. The van der Waals surface area contributed by atoms with E-state index >= 15 is 0 Å². The second-order valence-corrected chi connectivity index (χ2v) is 10.2. The van der Waals surface area contributed by atoms with Crippen LogP contribution < -0.4 is 20.7 Å². The van der Waals surface area contributed by atoms with E-state index in [-0.39, 0.29) is 24.2 Å². The Hall–Kier alpha value is -2.86. The van der Waals surface area contributed by atoms with Crippen molar-refractivity contribution in [1.29, 1.82) is 0 Å². The van der Waals surface area contributed by atoms with Gasteiger partial charge in [0.1, 0.15) is 28.5 Å². The summed E-state index contributed by atoms with van der Waals surface area (Å²) in [6, 6.07) is 4.42. The maximum atomic E-state index is 14.1. The molecule has 0 bridgehead atoms. The first-order valence-corrected chi connectivity index (χ1v) is 13.0. The van der Waals surface area contributed by atoms with Gasteiger partial charge >= 0.3 is 0 Å². The minimum absolute atomic E-state index is 0.0822. The number of nitrogens with zero attached hydrogens (tertiary/aromatic N) is 2. The van der Waals surface area contributed by atoms with Crippen LogP contribution in [-0.4, -0.2) is 65.5 Å². The van der Waals surface area contributed by atoms with Gasteiger partial charge in [-0.2, -0.15) is 0 Å². The Labute approximate surface area is 212 Å². The molecule has 1 amide bonds. The van der Waals surface area contributed by atoms with Crippen LogP contribution in [0.2, 0.25) is 0 Å². The van der Waals surface area contributed by atoms with Crippen LogP contribution in [0.3, 0.4) is 0 Å². The standard InChI is InChI=1S/C25H30FN5O4S/c1-14-21-23(31-19-7-2-15(26)10-20(19)35-18-5-3-17(32)4-6-18)29-13-30-25(21)36-22(14)24(33)28-11-16-12-34-9-8-27-16/h2,7,10,13,16-18,27,32H,3-6,8-9,11-12H2,1H3,(H,28,33)(H,29,30,31). The highest BCUT2D eigenvalue weighted by molar-refractivity contribution is 7.20. The van der Waals surface area contributed by atoms with E-state index in [1.54, 1.807) is 6.07 Å². The second kappa shape index (κ2) is 11.0. The third kappa shape index (κ3) is 5.59. The van der Waals surface area contributed by atoms with Crippen molar-refractivity contribution in [2.24, 2.45) is 0 Å². The molecule has 11 heteroatoms. The predicted molar refractivity (Wildman–Crippen MR) is 136 cm³/mol. The zero-order chi connectivity index (χ0) is 25.1. The maximum Gasteiger partial charge on any atom is 0.261 e. The number of aliphatic hydroxyl groups excluding tert-OH is 1. The zero-order valence-corrected chi connectivity index (χ0v) is 20.9. The van der Waals surface area contributed by atoms with Crippen LogP contribution in [-0.2, 0) is 4.74 Å². The number of benzene rings is 1. The molecule has 192 valence electrons. The molecule has 5 rings (SSSR count). The van der Waals surface area contributed by atoms with Gasteiger partial charge in [0, 0.05) is 25.2 Å². The Morgan fingerprint density at radius 1 is 1.31 bits per heavy atom. The number of halogens is 1. The van der Waals surface area contributed by atoms with Gasteiger partial charge in [-0.25, -0.2) is 14.4 Å². The summed E-state index contributed by atoms with van der Waals surface area (Å²) >= 11 is 1.31. The lowest BCUT2D eigenvalue weighted by atomic mass is 9.95. The minimum Gasteiger partial charge on any atom is -0.488 e. The molecular weight excluding hydrogens is 485 g/mol. The minimum atomic E-state index is -0.400. The molecule has 4 N–H and O–H groups in total. The number of aromatic nitrogens is 2. The van der Waals surface area contributed by atoms with Gasteiger partial charge in [0.05, 0.1) is 41.4 Å². The van der Waals surface area contributed by atoms with E-state index in [2.05, 4.69) is 25.9 Å². The molecule has 1 unspecified atom stereocenters. The van der Waals surface area contributed by atoms with Crippen molar-refractivity contribution in [2.45, 2.75) is 50.9 Å². The van der Waals surface area contributed by atoms with Crippen molar-refractivity contribution >= 4 is 39.0 Å². The van der Waals surface area contributed by atoms with Crippen LogP contribution >= 0.6 is 11.3 Å². The molecular formula is C25H30FN5O4S. The summed E-state index contributed by atoms with van der Waals surface area (Å²) in [5.74, 6) is 0.337. The fraction of sp³-hybridized carbons (Fsp3) is 0.480. The van der Waals surface area contributed by atoms with Gasteiger partial charge in [0.2, 0.25) is 0 Å². The van der Waals surface area contributed by atoms with Gasteiger partial charge < -0.3 is 30.5 Å². The molecule has 1 saturated carbocycles. The number of carbonyl (C=O) groups excluding carboxylic acids is 1. The molecule has 9 nitrogen and oxygen atoms in total. The smallest absolute Gasteiger partial charge is 0.261 e. The predicted octanol–water partition coefficient (Wildman–Crippen LogP) is 3.28. The summed E-state index contributed by atoms with van der Waals surface area (Å²) in [5.41, 5.74) is 1.34. The molecule has 2 aliphatic rings. The van der Waals surface area contributed by atoms with Crippen LogP contribution in [0, 0.1) is 12.7 Å². The van der Waals surface area contributed by atoms with E-state index in [0.717, 1.165) is 17.5 Å². The number of aliphatic hydroxyl groups is 1. The van der Waals surface area contributed by atoms with Crippen LogP contribution in [0.25, 0.3) is 10.2 Å². The Balaban J connectivity index is 1.36. The Morgan fingerprint density at radius 3 is 2.92 bits per heavy atom. The molecule has 3 heterocycles. The average Bonchev–Trinajstić information content (AvgIpc) is 3.23. The molecule has 0 radical (unpaired) electrons. The third-order valence-corrected chi connectivity index (χ3v) is 7.77. The highest BCUT2D eigenvalue weighted by Crippen LogP contribution is 2.37. The van der Waals surface area contributed by atoms with Gasteiger partial charge in [0.25, 0.3) is 5.91 Å². The number of carbonyl (C=O) groups is 1. The van der Waals surface area contributed by atoms with E-state index in [0.29, 0.717) is 72.4 Å². The summed E-state index contributed by atoms with van der Waals surface area (Å²) in [4.78, 5) is 23.0. The van der Waals surface area contributed by atoms with Crippen molar-refractivity contribution in [1.82, 2.24) is 20.6 Å². The number of aryl methyl sites for hydroxylation is 1. The van der Waals surface area contributed by atoms with Crippen LogP contribution in [0.4, 0.5) is 15.9 Å². The summed E-state index contributed by atoms with van der Waals surface area (Å²) in [6.45, 7) is 4.36. The van der Waals surface area contributed by atoms with Crippen LogP contribution in [0.1, 0.15) is 40.9 Å². The molecule has 1 atom stereocenters. The maximum absolute atomic E-state index is 14.1. The van der Waals surface area contributed by atoms with Gasteiger partial charge in [-0.3, -0.25) is 4.79 Å². The first kappa shape index (κ1) is 24.8. The normalized spacial score (nSPS) is 22.4. The molecule has 1 aliphatic heterocycles. The van der Waals surface area contributed by atoms with Crippen molar-refractivity contribution in [3.05, 3.63) is 40.8 Å². The number of ether oxygens (including phenoxy) is 2. The van der Waals surface area contributed by atoms with Crippen LogP contribution in [0.5, 0.6) is 5.75 Å². The number of morpholine rings is 1. The summed E-state index contributed by atoms with van der Waals surface area (Å²) in [6.07, 6.45) is 3.79. The molecule has 36 heavy (non-hydrogen) atoms. The highest BCUT2D eigenvalue weighted by atomic mass is 32.1. The molecule has 2 aromatic heterocycles. The second-order valence-electron chi connectivity index (χ2n) is 9.21. The monoisotopic (exact) mass is 515 g/mol. The number of amides is 1. The molecule has 1 aromatic carbocycles. The first-order chi connectivity index (χ1) is 17.5. The van der Waals surface area contributed by atoms with E-state index in [9.17, 15) is 14.3 Å². The first-order valence-electron chi connectivity index (χ1n) is 12.2. The Kier molecular flexibility index (Phi) is 7.61. The fourth-order valence-electron chi connectivity index (χ4n) is 4.60. The number of nitrogens with one attached hydrogen (secondary N) is 3. The molecule has 1 saturated heterocycles. The lowest BCUT2D eigenvalue weighted by Gasteiger charge is -2.27. The summed E-state index contributed by atoms with van der Waals surface area (Å²) in [7, 11) is 0. The zero-order valence-electron chi connectivity index (χ0n) is 20.1. The summed E-state index contributed by atoms with van der Waals surface area (Å²) in [5, 5.41) is 20.1. The topological polar surface area (TPSA) is 118 Å². The van der Waals surface area contributed by atoms with Crippen molar-refractivity contribution in [2.75, 3.05) is 31.6 Å². The third-order valence-electron chi connectivity index (χ3n) is 6.57. The molecule has 3 aromatic rings. The van der Waals surface area contributed by atoms with Crippen molar-refractivity contribution < 1.29 is 23.8 Å². The quantitative estimate of drug-likeness (QED) is 0.379. The summed E-state index contributed by atoms with van der Waals surface area (Å²) < 4.78 is 25.7. The van der Waals surface area contributed by atoms with Crippen molar-refractivity contribution in [3.63, 3.8) is 0 Å². The van der Waals surface area contributed by atoms with E-state index in [1.807, 2.05) is 6.92 Å². The average molecular weight is 516 g/mol. The lowest BCUT2D eigenvalue weighted by molar-refractivity contribution is 0.0668. The van der Waals surface area contributed by atoms with Gasteiger partial charge in [0.15, 0.2) is 0 Å². The highest BCUT2D eigenvalue weighted by Gasteiger charge is 2.24. The van der Waals surface area contributed by atoms with E-state index in [1.165, 1.54) is 29.8 Å². The van der Waals surface area contributed by atoms with Gasteiger partial charge in [-0.1, -0.05) is 0 Å². The molecule has 1 aliphatic carbocycles. The SMILES string of the molecule is Cc1c(C(=O)NCC2COCCN2)sc2ncnc(Nc3ccc(F)cc3OC3CCC(O)CC3)c12. The number of anilines is 2. The van der Waals surface area contributed by atoms with Gasteiger partial charge in [-0.15, -0.1) is 11.3 Å². The Bertz CT molecular complexity index is 1220. The number of rotatable bonds is 7. The Morgan fingerprint density at radius 2 is 2.14 bits per heavy atom. The lowest BCUT2D eigenvalue weighted by Crippen LogP contribution is -2.48. The number of hydrogen-bond acceptors (Lipinski definition) is 9. The number of hydrogen-bond donors (Lipinski definition) is 4. The number of thiophene rings is 1. The van der Waals surface area contributed by atoms with E-state index < -0.39 is 5.82 Å². The molecule has 0 spiro atoms. The van der Waals surface area contributed by atoms with Crippen molar-refractivity contribution in [3.8, 4) is 5.75 Å². The largest absolute Gasteiger partial charge is 0.488 e. The van der Waals surface area contributed by atoms with E-state index in [4.69, 9.17) is 9.47 Å². The fourth-order valence-corrected chi connectivity index (χ4v) is 5.66. The van der Waals surface area contributed by atoms with Gasteiger partial charge in [-0.05, 0) is 50.3 Å².